The van der Waals surface area contributed by atoms with Gasteiger partial charge in [-0.15, -0.1) is 0 Å². The molecule has 2 rings (SSSR count). The average molecular weight is 306 g/mol. The summed E-state index contributed by atoms with van der Waals surface area (Å²) in [6.45, 7) is 13.7. The Morgan fingerprint density at radius 1 is 1.32 bits per heavy atom. The van der Waals surface area contributed by atoms with Gasteiger partial charge in [-0.25, -0.2) is 9.78 Å². The normalized spacial score (nSPS) is 19.3. The van der Waals surface area contributed by atoms with Gasteiger partial charge in [0.2, 0.25) is 0 Å². The summed E-state index contributed by atoms with van der Waals surface area (Å²) < 4.78 is 5.47. The molecule has 122 valence electrons. The van der Waals surface area contributed by atoms with Crippen molar-refractivity contribution < 1.29 is 9.53 Å². The van der Waals surface area contributed by atoms with Crippen LogP contribution in [-0.4, -0.2) is 52.2 Å². The third kappa shape index (κ3) is 3.87. The van der Waals surface area contributed by atoms with Gasteiger partial charge >= 0.3 is 6.09 Å². The van der Waals surface area contributed by atoms with Gasteiger partial charge < -0.3 is 14.5 Å². The summed E-state index contributed by atoms with van der Waals surface area (Å²) in [6.07, 6.45) is 1.53. The van der Waals surface area contributed by atoms with Gasteiger partial charge in [0.25, 0.3) is 0 Å². The van der Waals surface area contributed by atoms with Gasteiger partial charge in [0.1, 0.15) is 11.4 Å². The lowest BCUT2D eigenvalue weighted by Crippen LogP contribution is -2.55. The SMILES string of the molecule is Cc1cnc(C)c(N2CCN(C(=O)OC(C)(C)C)[C@H](C)C2)n1. The van der Waals surface area contributed by atoms with Crippen molar-refractivity contribution in [3.63, 3.8) is 0 Å². The number of carbonyl (C=O) groups excluding carboxylic acids is 1. The summed E-state index contributed by atoms with van der Waals surface area (Å²) in [7, 11) is 0. The molecule has 22 heavy (non-hydrogen) atoms. The fraction of sp³-hybridized carbons (Fsp3) is 0.688. The number of hydrogen-bond donors (Lipinski definition) is 0. The predicted molar refractivity (Wildman–Crippen MR) is 86.1 cm³/mol. The summed E-state index contributed by atoms with van der Waals surface area (Å²) in [5.41, 5.74) is 1.36. The van der Waals surface area contributed by atoms with Crippen LogP contribution in [0.25, 0.3) is 0 Å². The van der Waals surface area contributed by atoms with E-state index in [1.807, 2.05) is 41.5 Å². The maximum Gasteiger partial charge on any atom is 0.410 e. The third-order valence-corrected chi connectivity index (χ3v) is 3.61. The minimum atomic E-state index is -0.466. The second-order valence-corrected chi connectivity index (χ2v) is 6.89. The zero-order valence-corrected chi connectivity index (χ0v) is 14.4. The first-order valence-corrected chi connectivity index (χ1v) is 7.72. The van der Waals surface area contributed by atoms with E-state index in [9.17, 15) is 4.79 Å². The molecule has 0 bridgehead atoms. The van der Waals surface area contributed by atoms with Crippen molar-refractivity contribution in [1.82, 2.24) is 14.9 Å². The van der Waals surface area contributed by atoms with Crippen LogP contribution in [-0.2, 0) is 4.74 Å². The number of carbonyl (C=O) groups is 1. The monoisotopic (exact) mass is 306 g/mol. The van der Waals surface area contributed by atoms with Gasteiger partial charge in [-0.2, -0.15) is 0 Å². The zero-order valence-electron chi connectivity index (χ0n) is 14.4. The standard InChI is InChI=1S/C16H26N4O2/c1-11-9-17-13(3)14(18-11)19-7-8-20(12(2)10-19)15(21)22-16(4,5)6/h9,12H,7-8,10H2,1-6H3/t12-/m1/s1. The molecule has 0 spiro atoms. The minimum absolute atomic E-state index is 0.0744. The molecule has 6 nitrogen and oxygen atoms in total. The van der Waals surface area contributed by atoms with E-state index in [4.69, 9.17) is 4.74 Å². The van der Waals surface area contributed by atoms with Crippen molar-refractivity contribution >= 4 is 11.9 Å². The molecule has 1 amide bonds. The van der Waals surface area contributed by atoms with Gasteiger partial charge in [-0.05, 0) is 41.5 Å². The minimum Gasteiger partial charge on any atom is -0.444 e. The fourth-order valence-corrected chi connectivity index (χ4v) is 2.57. The first-order valence-electron chi connectivity index (χ1n) is 7.72. The molecular weight excluding hydrogens is 280 g/mol. The molecular formula is C16H26N4O2. The van der Waals surface area contributed by atoms with E-state index in [0.29, 0.717) is 6.54 Å². The number of anilines is 1. The Morgan fingerprint density at radius 3 is 2.59 bits per heavy atom. The second kappa shape index (κ2) is 6.10. The van der Waals surface area contributed by atoms with Gasteiger partial charge in [0, 0.05) is 31.9 Å². The zero-order chi connectivity index (χ0) is 16.5. The van der Waals surface area contributed by atoms with Gasteiger partial charge in [-0.1, -0.05) is 0 Å². The summed E-state index contributed by atoms with van der Waals surface area (Å²) in [5, 5.41) is 0. The molecule has 2 heterocycles. The molecule has 6 heteroatoms. The van der Waals surface area contributed by atoms with E-state index < -0.39 is 5.60 Å². The topological polar surface area (TPSA) is 58.6 Å². The first-order chi connectivity index (χ1) is 10.2. The molecule has 0 saturated carbocycles. The summed E-state index contributed by atoms with van der Waals surface area (Å²) >= 11 is 0. The highest BCUT2D eigenvalue weighted by molar-refractivity contribution is 5.69. The Bertz CT molecular complexity index is 554. The van der Waals surface area contributed by atoms with Crippen LogP contribution in [0, 0.1) is 13.8 Å². The van der Waals surface area contributed by atoms with Crippen LogP contribution >= 0.6 is 0 Å². The number of ether oxygens (including phenoxy) is 1. The number of piperazine rings is 1. The lowest BCUT2D eigenvalue weighted by Gasteiger charge is -2.41. The molecule has 0 unspecified atom stereocenters. The quantitative estimate of drug-likeness (QED) is 0.798. The summed E-state index contributed by atoms with van der Waals surface area (Å²) in [5.74, 6) is 0.913. The van der Waals surface area contributed by atoms with Crippen LogP contribution in [0.15, 0.2) is 6.20 Å². The van der Waals surface area contributed by atoms with Gasteiger partial charge in [0.05, 0.1) is 11.4 Å². The van der Waals surface area contributed by atoms with Crippen LogP contribution in [0.2, 0.25) is 0 Å². The van der Waals surface area contributed by atoms with Crippen LogP contribution in [0.1, 0.15) is 39.1 Å². The molecule has 1 atom stereocenters. The lowest BCUT2D eigenvalue weighted by atomic mass is 10.2. The summed E-state index contributed by atoms with van der Waals surface area (Å²) in [6, 6.07) is 0.0744. The maximum atomic E-state index is 12.2. The molecule has 1 aromatic rings. The Morgan fingerprint density at radius 2 is 2.00 bits per heavy atom. The highest BCUT2D eigenvalue weighted by atomic mass is 16.6. The number of aromatic nitrogens is 2. The number of amides is 1. The van der Waals surface area contributed by atoms with Crippen molar-refractivity contribution in [3.8, 4) is 0 Å². The number of rotatable bonds is 1. The molecule has 0 aliphatic carbocycles. The molecule has 0 radical (unpaired) electrons. The molecule has 0 N–H and O–H groups in total. The van der Waals surface area contributed by atoms with Gasteiger partial charge in [-0.3, -0.25) is 4.98 Å². The predicted octanol–water partition coefficient (Wildman–Crippen LogP) is 2.54. The highest BCUT2D eigenvalue weighted by Gasteiger charge is 2.31. The van der Waals surface area contributed by atoms with Crippen LogP contribution < -0.4 is 4.90 Å². The van der Waals surface area contributed by atoms with E-state index in [1.165, 1.54) is 0 Å². The average Bonchev–Trinajstić information content (AvgIpc) is 2.39. The number of nitrogens with zero attached hydrogens (tertiary/aromatic N) is 4. The Kier molecular flexibility index (Phi) is 4.58. The van der Waals surface area contributed by atoms with E-state index in [0.717, 1.165) is 30.3 Å². The molecule has 1 saturated heterocycles. The molecule has 1 aromatic heterocycles. The summed E-state index contributed by atoms with van der Waals surface area (Å²) in [4.78, 5) is 25.2. The van der Waals surface area contributed by atoms with Gasteiger partial charge in [0.15, 0.2) is 0 Å². The highest BCUT2D eigenvalue weighted by Crippen LogP contribution is 2.21. The number of hydrogen-bond acceptors (Lipinski definition) is 5. The Balaban J connectivity index is 2.06. The first kappa shape index (κ1) is 16.5. The molecule has 1 aliphatic heterocycles. The lowest BCUT2D eigenvalue weighted by molar-refractivity contribution is 0.0158. The second-order valence-electron chi connectivity index (χ2n) is 6.89. The van der Waals surface area contributed by atoms with E-state index in [-0.39, 0.29) is 12.1 Å². The van der Waals surface area contributed by atoms with Crippen LogP contribution in [0.3, 0.4) is 0 Å². The Labute approximate surface area is 132 Å². The van der Waals surface area contributed by atoms with Crippen molar-refractivity contribution in [2.45, 2.75) is 53.2 Å². The fourth-order valence-electron chi connectivity index (χ4n) is 2.57. The largest absolute Gasteiger partial charge is 0.444 e. The smallest absolute Gasteiger partial charge is 0.410 e. The maximum absolute atomic E-state index is 12.2. The van der Waals surface area contributed by atoms with Crippen LogP contribution in [0.4, 0.5) is 10.6 Å². The number of aryl methyl sites for hydroxylation is 2. The van der Waals surface area contributed by atoms with Crippen molar-refractivity contribution in [2.24, 2.45) is 0 Å². The van der Waals surface area contributed by atoms with E-state index >= 15 is 0 Å². The third-order valence-electron chi connectivity index (χ3n) is 3.61. The molecule has 1 aliphatic rings. The van der Waals surface area contributed by atoms with E-state index in [2.05, 4.69) is 14.9 Å². The van der Waals surface area contributed by atoms with Crippen molar-refractivity contribution in [3.05, 3.63) is 17.6 Å². The Hall–Kier alpha value is -1.85. The van der Waals surface area contributed by atoms with Crippen molar-refractivity contribution in [1.29, 1.82) is 0 Å². The molecule has 0 aromatic carbocycles. The van der Waals surface area contributed by atoms with Crippen LogP contribution in [0.5, 0.6) is 0 Å². The molecule has 1 fully saturated rings. The van der Waals surface area contributed by atoms with E-state index in [1.54, 1.807) is 11.1 Å². The van der Waals surface area contributed by atoms with Crippen molar-refractivity contribution in [2.75, 3.05) is 24.5 Å².